The van der Waals surface area contributed by atoms with E-state index in [9.17, 15) is 18.8 Å². The summed E-state index contributed by atoms with van der Waals surface area (Å²) in [4.78, 5) is 40.9. The zero-order valence-electron chi connectivity index (χ0n) is 14.4. The summed E-state index contributed by atoms with van der Waals surface area (Å²) in [5, 5.41) is 2.71. The lowest BCUT2D eigenvalue weighted by Gasteiger charge is -2.37. The number of amides is 4. The van der Waals surface area contributed by atoms with Crippen molar-refractivity contribution in [2.75, 3.05) is 36.4 Å². The van der Waals surface area contributed by atoms with Gasteiger partial charge in [0, 0.05) is 50.7 Å². The second kappa shape index (κ2) is 6.59. The summed E-state index contributed by atoms with van der Waals surface area (Å²) in [5.74, 6) is -0.446. The first-order valence-corrected chi connectivity index (χ1v) is 8.98. The molecule has 1 N–H and O–H groups in total. The van der Waals surface area contributed by atoms with E-state index in [1.54, 1.807) is 11.0 Å². The molecule has 0 spiro atoms. The van der Waals surface area contributed by atoms with Gasteiger partial charge in [0.25, 0.3) is 0 Å². The van der Waals surface area contributed by atoms with Crippen LogP contribution in [0, 0.1) is 5.82 Å². The highest BCUT2D eigenvalue weighted by Gasteiger charge is 2.37. The van der Waals surface area contributed by atoms with Crippen LogP contribution >= 0.6 is 0 Å². The number of hydrogen-bond donors (Lipinski definition) is 1. The Balaban J connectivity index is 1.41. The minimum absolute atomic E-state index is 0.0790. The van der Waals surface area contributed by atoms with E-state index in [1.165, 1.54) is 17.0 Å². The molecule has 0 bridgehead atoms. The fourth-order valence-electron chi connectivity index (χ4n) is 3.96. The predicted molar refractivity (Wildman–Crippen MR) is 93.3 cm³/mol. The molecule has 3 fully saturated rings. The molecule has 26 heavy (non-hydrogen) atoms. The van der Waals surface area contributed by atoms with E-state index in [2.05, 4.69) is 5.32 Å². The number of nitrogens with zero attached hydrogens (tertiary/aromatic N) is 3. The maximum absolute atomic E-state index is 14.4. The summed E-state index contributed by atoms with van der Waals surface area (Å²) in [6.45, 7) is 2.03. The van der Waals surface area contributed by atoms with Crippen LogP contribution in [0.3, 0.4) is 0 Å². The Morgan fingerprint density at radius 3 is 2.69 bits per heavy atom. The molecule has 4 amide bonds. The highest BCUT2D eigenvalue weighted by atomic mass is 19.1. The molecule has 1 unspecified atom stereocenters. The van der Waals surface area contributed by atoms with Gasteiger partial charge >= 0.3 is 6.03 Å². The van der Waals surface area contributed by atoms with Crippen LogP contribution in [0.2, 0.25) is 0 Å². The number of fused-ring (bicyclic) bond motifs is 1. The van der Waals surface area contributed by atoms with Crippen molar-refractivity contribution in [2.45, 2.75) is 31.7 Å². The molecule has 0 radical (unpaired) electrons. The first-order chi connectivity index (χ1) is 12.5. The normalized spacial score (nSPS) is 22.8. The molecule has 0 saturated carbocycles. The van der Waals surface area contributed by atoms with Crippen LogP contribution in [-0.2, 0) is 9.59 Å². The number of hydrogen-bond acceptors (Lipinski definition) is 3. The summed E-state index contributed by atoms with van der Waals surface area (Å²) < 4.78 is 14.4. The van der Waals surface area contributed by atoms with Gasteiger partial charge in [-0.25, -0.2) is 9.18 Å². The van der Waals surface area contributed by atoms with Crippen LogP contribution in [0.4, 0.5) is 20.6 Å². The predicted octanol–water partition coefficient (Wildman–Crippen LogP) is 1.79. The van der Waals surface area contributed by atoms with E-state index >= 15 is 0 Å². The molecule has 8 heteroatoms. The number of benzene rings is 1. The Morgan fingerprint density at radius 1 is 1.12 bits per heavy atom. The molecular formula is C18H21FN4O3. The Morgan fingerprint density at radius 2 is 1.96 bits per heavy atom. The molecular weight excluding hydrogens is 339 g/mol. The molecule has 4 rings (SSSR count). The van der Waals surface area contributed by atoms with E-state index in [0.29, 0.717) is 44.7 Å². The van der Waals surface area contributed by atoms with Crippen molar-refractivity contribution in [3.63, 3.8) is 0 Å². The van der Waals surface area contributed by atoms with Crippen molar-refractivity contribution < 1.29 is 18.8 Å². The zero-order chi connectivity index (χ0) is 18.3. The lowest BCUT2D eigenvalue weighted by atomic mass is 10.1. The lowest BCUT2D eigenvalue weighted by molar-refractivity contribution is -0.130. The van der Waals surface area contributed by atoms with Gasteiger partial charge in [-0.1, -0.05) is 0 Å². The van der Waals surface area contributed by atoms with Crippen molar-refractivity contribution in [3.8, 4) is 0 Å². The van der Waals surface area contributed by atoms with Crippen LogP contribution in [0.15, 0.2) is 18.2 Å². The third-order valence-electron chi connectivity index (χ3n) is 5.34. The van der Waals surface area contributed by atoms with Gasteiger partial charge in [-0.3, -0.25) is 9.59 Å². The molecule has 3 saturated heterocycles. The first-order valence-electron chi connectivity index (χ1n) is 8.98. The molecule has 0 aliphatic carbocycles. The number of urea groups is 1. The van der Waals surface area contributed by atoms with Crippen molar-refractivity contribution >= 4 is 29.2 Å². The van der Waals surface area contributed by atoms with Crippen LogP contribution in [0.1, 0.15) is 25.7 Å². The van der Waals surface area contributed by atoms with Crippen LogP contribution in [-0.4, -0.2) is 59.9 Å². The third kappa shape index (κ3) is 3.00. The second-order valence-electron chi connectivity index (χ2n) is 6.97. The maximum Gasteiger partial charge on any atom is 0.321 e. The Bertz CT molecular complexity index is 769. The van der Waals surface area contributed by atoms with Gasteiger partial charge in [0.1, 0.15) is 5.82 Å². The summed E-state index contributed by atoms with van der Waals surface area (Å²) >= 11 is 0. The van der Waals surface area contributed by atoms with Crippen molar-refractivity contribution in [3.05, 3.63) is 24.0 Å². The van der Waals surface area contributed by atoms with E-state index in [0.717, 1.165) is 12.8 Å². The standard InChI is InChI=1S/C18H21FN4O3/c19-14-10-12(3-5-15(14)23-7-1-2-16(23)24)20-18(26)21-8-9-22-13(11-21)4-6-17(22)25/h3,5,10,13H,1-2,4,6-9,11H2,(H,20,26). The van der Waals surface area contributed by atoms with Gasteiger partial charge in [0.2, 0.25) is 11.8 Å². The van der Waals surface area contributed by atoms with E-state index in [4.69, 9.17) is 0 Å². The van der Waals surface area contributed by atoms with E-state index in [-0.39, 0.29) is 29.6 Å². The van der Waals surface area contributed by atoms with Gasteiger partial charge < -0.3 is 20.0 Å². The summed E-state index contributed by atoms with van der Waals surface area (Å²) in [5.41, 5.74) is 0.608. The van der Waals surface area contributed by atoms with Gasteiger partial charge in [0.05, 0.1) is 5.69 Å². The lowest BCUT2D eigenvalue weighted by Crippen LogP contribution is -2.54. The number of anilines is 2. The van der Waals surface area contributed by atoms with Crippen molar-refractivity contribution in [1.82, 2.24) is 9.80 Å². The number of piperazine rings is 1. The molecule has 3 heterocycles. The fraction of sp³-hybridized carbons (Fsp3) is 0.500. The van der Waals surface area contributed by atoms with Crippen LogP contribution < -0.4 is 10.2 Å². The average Bonchev–Trinajstić information content (AvgIpc) is 3.21. The number of rotatable bonds is 2. The molecule has 0 aromatic heterocycles. The quantitative estimate of drug-likeness (QED) is 0.874. The van der Waals surface area contributed by atoms with Gasteiger partial charge in [0.15, 0.2) is 0 Å². The molecule has 1 atom stereocenters. The number of carbonyl (C=O) groups is 3. The first kappa shape index (κ1) is 16.8. The summed E-state index contributed by atoms with van der Waals surface area (Å²) in [6.07, 6.45) is 2.48. The van der Waals surface area contributed by atoms with Gasteiger partial charge in [-0.2, -0.15) is 0 Å². The SMILES string of the molecule is O=C(Nc1ccc(N2CCCC2=O)c(F)c1)N1CCN2C(=O)CCC2C1. The summed E-state index contributed by atoms with van der Waals surface area (Å²) in [6, 6.07) is 4.17. The van der Waals surface area contributed by atoms with Gasteiger partial charge in [-0.05, 0) is 31.0 Å². The zero-order valence-corrected chi connectivity index (χ0v) is 14.4. The summed E-state index contributed by atoms with van der Waals surface area (Å²) in [7, 11) is 0. The Kier molecular flexibility index (Phi) is 4.26. The minimum Gasteiger partial charge on any atom is -0.336 e. The van der Waals surface area contributed by atoms with Crippen LogP contribution in [0.5, 0.6) is 0 Å². The number of nitrogens with one attached hydrogen (secondary N) is 1. The smallest absolute Gasteiger partial charge is 0.321 e. The minimum atomic E-state index is -0.524. The van der Waals surface area contributed by atoms with Gasteiger partial charge in [-0.15, -0.1) is 0 Å². The van der Waals surface area contributed by atoms with Crippen molar-refractivity contribution in [2.24, 2.45) is 0 Å². The highest BCUT2D eigenvalue weighted by molar-refractivity contribution is 5.96. The fourth-order valence-corrected chi connectivity index (χ4v) is 3.96. The third-order valence-corrected chi connectivity index (χ3v) is 5.34. The molecule has 1 aromatic rings. The molecule has 1 aromatic carbocycles. The number of carbonyl (C=O) groups excluding carboxylic acids is 3. The number of halogens is 1. The van der Waals surface area contributed by atoms with Crippen molar-refractivity contribution in [1.29, 1.82) is 0 Å². The molecule has 7 nitrogen and oxygen atoms in total. The Labute approximate surface area is 150 Å². The molecule has 3 aliphatic rings. The van der Waals surface area contributed by atoms with Crippen LogP contribution in [0.25, 0.3) is 0 Å². The maximum atomic E-state index is 14.4. The van der Waals surface area contributed by atoms with E-state index in [1.807, 2.05) is 4.90 Å². The second-order valence-corrected chi connectivity index (χ2v) is 6.97. The molecule has 138 valence electrons. The monoisotopic (exact) mass is 360 g/mol. The largest absolute Gasteiger partial charge is 0.336 e. The highest BCUT2D eigenvalue weighted by Crippen LogP contribution is 2.27. The Hall–Kier alpha value is -2.64. The average molecular weight is 360 g/mol. The van der Waals surface area contributed by atoms with E-state index < -0.39 is 5.82 Å². The topological polar surface area (TPSA) is 73.0 Å². The molecule has 3 aliphatic heterocycles.